The lowest BCUT2D eigenvalue weighted by Gasteiger charge is -2.27. The molecule has 1 aliphatic rings. The van der Waals surface area contributed by atoms with Gasteiger partial charge in [0, 0.05) is 32.4 Å². The largest absolute Gasteiger partial charge is 0.495 e. The normalized spacial score (nSPS) is 15.6. The first-order valence-corrected chi connectivity index (χ1v) is 10.6. The van der Waals surface area contributed by atoms with Gasteiger partial charge in [-0.1, -0.05) is 12.1 Å². The highest BCUT2D eigenvalue weighted by Crippen LogP contribution is 2.24. The number of hydrogen-bond donors (Lipinski definition) is 1. The minimum Gasteiger partial charge on any atom is -0.495 e. The predicted molar refractivity (Wildman–Crippen MR) is 120 cm³/mol. The van der Waals surface area contributed by atoms with Crippen LogP contribution >= 0.6 is 0 Å². The fraction of sp³-hybridized carbons (Fsp3) is 0.435. The third-order valence-electron chi connectivity index (χ3n) is 5.41. The molecule has 31 heavy (non-hydrogen) atoms. The second-order valence-corrected chi connectivity index (χ2v) is 7.37. The van der Waals surface area contributed by atoms with Crippen LogP contribution in [0.5, 0.6) is 5.75 Å². The van der Waals surface area contributed by atoms with E-state index in [1.54, 1.807) is 26.3 Å². The molecule has 0 saturated carbocycles. The summed E-state index contributed by atoms with van der Waals surface area (Å²) in [6.45, 7) is 7.18. The lowest BCUT2D eigenvalue weighted by Crippen LogP contribution is -2.44. The summed E-state index contributed by atoms with van der Waals surface area (Å²) in [7, 11) is 1.59. The molecule has 0 unspecified atom stereocenters. The van der Waals surface area contributed by atoms with Crippen molar-refractivity contribution < 1.29 is 19.1 Å². The maximum Gasteiger partial charge on any atom is 0.339 e. The summed E-state index contributed by atoms with van der Waals surface area (Å²) in [5.74, 6) is 1.04. The van der Waals surface area contributed by atoms with Gasteiger partial charge >= 0.3 is 5.97 Å². The standard InChI is InChI=1S/C23H30N4O4/c1-4-31-23(29)18-10-11-21(24-16-18)27-13-7-12-26(14-15-27)17(2)22(28)25-19-8-5-6-9-20(19)30-3/h5-6,8-11,16-17H,4,7,12-15H2,1-3H3,(H,25,28)/t17-/m0/s1. The number of nitrogens with one attached hydrogen (secondary N) is 1. The van der Waals surface area contributed by atoms with Crippen LogP contribution in [-0.2, 0) is 9.53 Å². The number of ether oxygens (including phenoxy) is 2. The Bertz CT molecular complexity index is 887. The van der Waals surface area contributed by atoms with Crippen molar-refractivity contribution in [3.05, 3.63) is 48.2 Å². The molecule has 1 aromatic heterocycles. The number of pyridine rings is 1. The summed E-state index contributed by atoms with van der Waals surface area (Å²) in [5, 5.41) is 2.97. The molecule has 1 atom stereocenters. The van der Waals surface area contributed by atoms with Crippen LogP contribution in [0.2, 0.25) is 0 Å². The van der Waals surface area contributed by atoms with E-state index in [4.69, 9.17) is 9.47 Å². The lowest BCUT2D eigenvalue weighted by atomic mass is 10.2. The van der Waals surface area contributed by atoms with E-state index >= 15 is 0 Å². The van der Waals surface area contributed by atoms with Crippen molar-refractivity contribution in [2.45, 2.75) is 26.3 Å². The first kappa shape index (κ1) is 22.6. The smallest absolute Gasteiger partial charge is 0.339 e. The highest BCUT2D eigenvalue weighted by atomic mass is 16.5. The summed E-state index contributed by atoms with van der Waals surface area (Å²) in [5.41, 5.74) is 1.12. The fourth-order valence-corrected chi connectivity index (χ4v) is 3.61. The molecule has 1 saturated heterocycles. The van der Waals surface area contributed by atoms with Crippen molar-refractivity contribution in [3.63, 3.8) is 0 Å². The minimum atomic E-state index is -0.363. The van der Waals surface area contributed by atoms with E-state index in [0.717, 1.165) is 38.4 Å². The van der Waals surface area contributed by atoms with Crippen molar-refractivity contribution in [3.8, 4) is 5.75 Å². The Morgan fingerprint density at radius 2 is 1.94 bits per heavy atom. The quantitative estimate of drug-likeness (QED) is 0.682. The molecule has 166 valence electrons. The van der Waals surface area contributed by atoms with Gasteiger partial charge < -0.3 is 19.7 Å². The number of para-hydroxylation sites is 2. The van der Waals surface area contributed by atoms with Gasteiger partial charge in [0.25, 0.3) is 0 Å². The number of hydrogen-bond acceptors (Lipinski definition) is 7. The molecular weight excluding hydrogens is 396 g/mol. The van der Waals surface area contributed by atoms with Crippen LogP contribution in [0.1, 0.15) is 30.6 Å². The average molecular weight is 427 g/mol. The molecule has 0 radical (unpaired) electrons. The first-order chi connectivity index (χ1) is 15.0. The van der Waals surface area contributed by atoms with Crippen molar-refractivity contribution in [2.75, 3.05) is 50.1 Å². The molecule has 1 amide bonds. The number of anilines is 2. The zero-order chi connectivity index (χ0) is 22.2. The maximum atomic E-state index is 12.8. The number of rotatable bonds is 7. The Balaban J connectivity index is 1.59. The number of aromatic nitrogens is 1. The monoisotopic (exact) mass is 426 g/mol. The number of carbonyl (C=O) groups excluding carboxylic acids is 2. The second-order valence-electron chi connectivity index (χ2n) is 7.37. The van der Waals surface area contributed by atoms with Crippen LogP contribution in [0.15, 0.2) is 42.6 Å². The van der Waals surface area contributed by atoms with E-state index in [1.807, 2.05) is 37.3 Å². The van der Waals surface area contributed by atoms with Gasteiger partial charge in [-0.05, 0) is 44.5 Å². The molecule has 0 spiro atoms. The van der Waals surface area contributed by atoms with Gasteiger partial charge in [0.1, 0.15) is 11.6 Å². The SMILES string of the molecule is CCOC(=O)c1ccc(N2CCCN([C@@H](C)C(=O)Nc3ccccc3OC)CC2)nc1. The molecule has 3 rings (SSSR count). The average Bonchev–Trinajstić information content (AvgIpc) is 3.05. The highest BCUT2D eigenvalue weighted by molar-refractivity contribution is 5.95. The lowest BCUT2D eigenvalue weighted by molar-refractivity contribution is -0.120. The van der Waals surface area contributed by atoms with E-state index in [0.29, 0.717) is 23.6 Å². The molecular formula is C23H30N4O4. The summed E-state index contributed by atoms with van der Waals surface area (Å²) in [4.78, 5) is 33.4. The zero-order valence-corrected chi connectivity index (χ0v) is 18.3. The number of benzene rings is 1. The molecule has 0 bridgehead atoms. The van der Waals surface area contributed by atoms with E-state index in [-0.39, 0.29) is 17.9 Å². The molecule has 1 aliphatic heterocycles. The molecule has 1 fully saturated rings. The molecule has 2 aromatic rings. The number of carbonyl (C=O) groups is 2. The Hall–Kier alpha value is -3.13. The van der Waals surface area contributed by atoms with Crippen LogP contribution in [0.3, 0.4) is 0 Å². The molecule has 1 aromatic carbocycles. The maximum absolute atomic E-state index is 12.8. The van der Waals surface area contributed by atoms with Crippen LogP contribution in [-0.4, -0.2) is 67.7 Å². The summed E-state index contributed by atoms with van der Waals surface area (Å²) in [6, 6.07) is 10.7. The van der Waals surface area contributed by atoms with E-state index in [2.05, 4.69) is 20.1 Å². The summed E-state index contributed by atoms with van der Waals surface area (Å²) in [6.07, 6.45) is 2.47. The van der Waals surface area contributed by atoms with E-state index in [9.17, 15) is 9.59 Å². The van der Waals surface area contributed by atoms with Gasteiger partial charge in [0.15, 0.2) is 0 Å². The third-order valence-corrected chi connectivity index (χ3v) is 5.41. The van der Waals surface area contributed by atoms with Gasteiger partial charge in [-0.15, -0.1) is 0 Å². The molecule has 8 nitrogen and oxygen atoms in total. The van der Waals surface area contributed by atoms with Crippen molar-refractivity contribution >= 4 is 23.4 Å². The number of methoxy groups -OCH3 is 1. The minimum absolute atomic E-state index is 0.0603. The third kappa shape index (κ3) is 5.73. The zero-order valence-electron chi connectivity index (χ0n) is 18.3. The van der Waals surface area contributed by atoms with Crippen molar-refractivity contribution in [1.29, 1.82) is 0 Å². The Labute approximate surface area is 183 Å². The fourth-order valence-electron chi connectivity index (χ4n) is 3.61. The molecule has 0 aliphatic carbocycles. The van der Waals surface area contributed by atoms with Crippen LogP contribution < -0.4 is 15.0 Å². The Kier molecular flexibility index (Phi) is 7.83. The topological polar surface area (TPSA) is 84.0 Å². The van der Waals surface area contributed by atoms with Crippen molar-refractivity contribution in [2.24, 2.45) is 0 Å². The Morgan fingerprint density at radius 1 is 1.13 bits per heavy atom. The molecule has 8 heteroatoms. The first-order valence-electron chi connectivity index (χ1n) is 10.6. The number of nitrogens with zero attached hydrogens (tertiary/aromatic N) is 3. The summed E-state index contributed by atoms with van der Waals surface area (Å²) >= 11 is 0. The predicted octanol–water partition coefficient (Wildman–Crippen LogP) is 2.81. The van der Waals surface area contributed by atoms with E-state index < -0.39 is 0 Å². The molecule has 1 N–H and O–H groups in total. The van der Waals surface area contributed by atoms with Crippen molar-refractivity contribution in [1.82, 2.24) is 9.88 Å². The number of esters is 1. The van der Waals surface area contributed by atoms with Crippen LogP contribution in [0.4, 0.5) is 11.5 Å². The van der Waals surface area contributed by atoms with Gasteiger partial charge in [-0.3, -0.25) is 9.69 Å². The van der Waals surface area contributed by atoms with Gasteiger partial charge in [-0.2, -0.15) is 0 Å². The van der Waals surface area contributed by atoms with Crippen LogP contribution in [0.25, 0.3) is 0 Å². The summed E-state index contributed by atoms with van der Waals surface area (Å²) < 4.78 is 10.3. The number of amides is 1. The molecule has 2 heterocycles. The highest BCUT2D eigenvalue weighted by Gasteiger charge is 2.25. The van der Waals surface area contributed by atoms with Gasteiger partial charge in [-0.25, -0.2) is 9.78 Å². The van der Waals surface area contributed by atoms with Gasteiger partial charge in [0.2, 0.25) is 5.91 Å². The van der Waals surface area contributed by atoms with Gasteiger partial charge in [0.05, 0.1) is 31.0 Å². The van der Waals surface area contributed by atoms with E-state index in [1.165, 1.54) is 0 Å². The van der Waals surface area contributed by atoms with Crippen LogP contribution in [0, 0.1) is 0 Å². The second kappa shape index (κ2) is 10.8. The Morgan fingerprint density at radius 3 is 2.65 bits per heavy atom.